The predicted molar refractivity (Wildman–Crippen MR) is 73.5 cm³/mol. The second kappa shape index (κ2) is 8.14. The summed E-state index contributed by atoms with van der Waals surface area (Å²) in [6, 6.07) is 3.38. The minimum absolute atomic E-state index is 0.0910. The van der Waals surface area contributed by atoms with Gasteiger partial charge in [0.25, 0.3) is 0 Å². The number of carbonyl (C=O) groups excluding carboxylic acids is 2. The van der Waals surface area contributed by atoms with Gasteiger partial charge in [0.2, 0.25) is 5.91 Å². The van der Waals surface area contributed by atoms with Crippen LogP contribution in [0.25, 0.3) is 0 Å². The highest BCUT2D eigenvalue weighted by atomic mass is 19.1. The topological polar surface area (TPSA) is 46.6 Å². The first-order valence-corrected chi connectivity index (χ1v) is 6.46. The molecule has 0 saturated carbocycles. The Kier molecular flexibility index (Phi) is 6.52. The number of hydrogen-bond acceptors (Lipinski definition) is 3. The van der Waals surface area contributed by atoms with Crippen LogP contribution >= 0.6 is 0 Å². The second-order valence-corrected chi connectivity index (χ2v) is 4.24. The van der Waals surface area contributed by atoms with E-state index >= 15 is 0 Å². The number of hydrogen-bond donors (Lipinski definition) is 0. The number of carbonyl (C=O) groups is 2. The van der Waals surface area contributed by atoms with Gasteiger partial charge in [-0.15, -0.1) is 6.58 Å². The molecule has 0 radical (unpaired) electrons. The summed E-state index contributed by atoms with van der Waals surface area (Å²) >= 11 is 0. The summed E-state index contributed by atoms with van der Waals surface area (Å²) in [6.45, 7) is 5.13. The average molecular weight is 297 g/mol. The molecule has 0 saturated heterocycles. The molecule has 0 N–H and O–H groups in total. The van der Waals surface area contributed by atoms with Crippen molar-refractivity contribution < 1.29 is 23.1 Å². The number of nitrogens with zero attached hydrogens (tertiary/aromatic N) is 1. The predicted octanol–water partition coefficient (Wildman–Crippen LogP) is 2.08. The zero-order valence-corrected chi connectivity index (χ0v) is 11.8. The molecule has 21 heavy (non-hydrogen) atoms. The first-order chi connectivity index (χ1) is 9.99. The van der Waals surface area contributed by atoms with E-state index in [0.29, 0.717) is 0 Å². The van der Waals surface area contributed by atoms with Gasteiger partial charge >= 0.3 is 5.97 Å². The van der Waals surface area contributed by atoms with Crippen molar-refractivity contribution in [1.82, 2.24) is 4.90 Å². The van der Waals surface area contributed by atoms with Gasteiger partial charge in [-0.05, 0) is 19.1 Å². The largest absolute Gasteiger partial charge is 0.465 e. The number of amides is 1. The molecule has 0 aromatic heterocycles. The number of esters is 1. The molecule has 114 valence electrons. The molecule has 1 aromatic carbocycles. The summed E-state index contributed by atoms with van der Waals surface area (Å²) in [7, 11) is 0. The third-order valence-corrected chi connectivity index (χ3v) is 2.72. The Labute approximate surface area is 122 Å². The van der Waals surface area contributed by atoms with Crippen LogP contribution in [0.2, 0.25) is 0 Å². The van der Waals surface area contributed by atoms with Crippen molar-refractivity contribution in [3.8, 4) is 0 Å². The van der Waals surface area contributed by atoms with Gasteiger partial charge in [0, 0.05) is 12.1 Å². The van der Waals surface area contributed by atoms with Crippen molar-refractivity contribution in [2.24, 2.45) is 0 Å². The van der Waals surface area contributed by atoms with Crippen LogP contribution in [0.5, 0.6) is 0 Å². The van der Waals surface area contributed by atoms with Gasteiger partial charge in [0.15, 0.2) is 0 Å². The van der Waals surface area contributed by atoms with E-state index in [0.717, 1.165) is 17.0 Å². The highest BCUT2D eigenvalue weighted by molar-refractivity contribution is 5.83. The van der Waals surface area contributed by atoms with Crippen LogP contribution in [-0.2, 0) is 20.7 Å². The third kappa shape index (κ3) is 4.98. The summed E-state index contributed by atoms with van der Waals surface area (Å²) in [5.74, 6) is -2.75. The van der Waals surface area contributed by atoms with Crippen molar-refractivity contribution in [1.29, 1.82) is 0 Å². The fraction of sp³-hybridized carbons (Fsp3) is 0.333. The molecule has 6 heteroatoms. The van der Waals surface area contributed by atoms with E-state index in [1.165, 1.54) is 12.1 Å². The van der Waals surface area contributed by atoms with E-state index in [1.54, 1.807) is 6.92 Å². The summed E-state index contributed by atoms with van der Waals surface area (Å²) in [5.41, 5.74) is -0.319. The van der Waals surface area contributed by atoms with Gasteiger partial charge in [-0.2, -0.15) is 0 Å². The van der Waals surface area contributed by atoms with Gasteiger partial charge < -0.3 is 9.64 Å². The Morgan fingerprint density at radius 3 is 2.48 bits per heavy atom. The van der Waals surface area contributed by atoms with Crippen LogP contribution in [0.4, 0.5) is 8.78 Å². The second-order valence-electron chi connectivity index (χ2n) is 4.24. The summed E-state index contributed by atoms with van der Waals surface area (Å²) < 4.78 is 31.8. The maximum Gasteiger partial charge on any atom is 0.325 e. The smallest absolute Gasteiger partial charge is 0.325 e. The van der Waals surface area contributed by atoms with Crippen molar-refractivity contribution in [3.05, 3.63) is 48.1 Å². The molecule has 0 aliphatic carbocycles. The monoisotopic (exact) mass is 297 g/mol. The Bertz CT molecular complexity index is 511. The van der Waals surface area contributed by atoms with Crippen LogP contribution in [0.15, 0.2) is 30.9 Å². The van der Waals surface area contributed by atoms with Crippen molar-refractivity contribution in [2.45, 2.75) is 13.3 Å². The van der Waals surface area contributed by atoms with Crippen LogP contribution in [-0.4, -0.2) is 36.5 Å². The molecule has 4 nitrogen and oxygen atoms in total. The highest BCUT2D eigenvalue weighted by Crippen LogP contribution is 2.14. The maximum atomic E-state index is 13.5. The lowest BCUT2D eigenvalue weighted by atomic mass is 10.1. The SMILES string of the molecule is C=CCN(CC(=O)OCC)C(=O)Cc1c(F)cccc1F. The molecule has 0 atom stereocenters. The fourth-order valence-corrected chi connectivity index (χ4v) is 1.74. The summed E-state index contributed by atoms with van der Waals surface area (Å²) in [4.78, 5) is 24.6. The molecule has 0 spiro atoms. The van der Waals surface area contributed by atoms with Crippen LogP contribution < -0.4 is 0 Å². The van der Waals surface area contributed by atoms with Gasteiger partial charge in [0.1, 0.15) is 18.2 Å². The van der Waals surface area contributed by atoms with Crippen molar-refractivity contribution in [2.75, 3.05) is 19.7 Å². The Morgan fingerprint density at radius 2 is 1.95 bits per heavy atom. The van der Waals surface area contributed by atoms with E-state index in [-0.39, 0.29) is 25.3 Å². The first-order valence-electron chi connectivity index (χ1n) is 6.46. The Balaban J connectivity index is 2.81. The molecule has 0 fully saturated rings. The summed E-state index contributed by atoms with van der Waals surface area (Å²) in [6.07, 6.45) is 0.959. The van der Waals surface area contributed by atoms with E-state index < -0.39 is 29.9 Å². The molecule has 0 aliphatic rings. The minimum atomic E-state index is -0.793. The van der Waals surface area contributed by atoms with Gasteiger partial charge in [-0.3, -0.25) is 9.59 Å². The highest BCUT2D eigenvalue weighted by Gasteiger charge is 2.20. The number of benzene rings is 1. The van der Waals surface area contributed by atoms with Gasteiger partial charge in [-0.25, -0.2) is 8.78 Å². The molecule has 1 rings (SSSR count). The number of ether oxygens (including phenoxy) is 1. The zero-order valence-electron chi connectivity index (χ0n) is 11.8. The minimum Gasteiger partial charge on any atom is -0.465 e. The number of rotatable bonds is 7. The van der Waals surface area contributed by atoms with E-state index in [1.807, 2.05) is 0 Å². The van der Waals surface area contributed by atoms with Crippen molar-refractivity contribution in [3.63, 3.8) is 0 Å². The fourth-order valence-electron chi connectivity index (χ4n) is 1.74. The summed E-state index contributed by atoms with van der Waals surface area (Å²) in [5, 5.41) is 0. The Hall–Kier alpha value is -2.24. The zero-order chi connectivity index (χ0) is 15.8. The Morgan fingerprint density at radius 1 is 1.33 bits per heavy atom. The molecular formula is C15H17F2NO3. The van der Waals surface area contributed by atoms with E-state index in [4.69, 9.17) is 4.74 Å². The maximum absolute atomic E-state index is 13.5. The lowest BCUT2D eigenvalue weighted by molar-refractivity contribution is -0.148. The molecule has 1 amide bonds. The van der Waals surface area contributed by atoms with E-state index in [2.05, 4.69) is 6.58 Å². The van der Waals surface area contributed by atoms with E-state index in [9.17, 15) is 18.4 Å². The quantitative estimate of drug-likeness (QED) is 0.572. The molecular weight excluding hydrogens is 280 g/mol. The van der Waals surface area contributed by atoms with Crippen LogP contribution in [0, 0.1) is 11.6 Å². The molecule has 0 bridgehead atoms. The van der Waals surface area contributed by atoms with Crippen LogP contribution in [0.1, 0.15) is 12.5 Å². The molecule has 0 unspecified atom stereocenters. The molecule has 1 aromatic rings. The van der Waals surface area contributed by atoms with Crippen LogP contribution in [0.3, 0.4) is 0 Å². The lowest BCUT2D eigenvalue weighted by Crippen LogP contribution is -2.37. The normalized spacial score (nSPS) is 10.0. The lowest BCUT2D eigenvalue weighted by Gasteiger charge is -2.20. The van der Waals surface area contributed by atoms with Gasteiger partial charge in [-0.1, -0.05) is 12.1 Å². The standard InChI is InChI=1S/C15H17F2NO3/c1-3-8-18(10-15(20)21-4-2)14(19)9-11-12(16)6-5-7-13(11)17/h3,5-7H,1,4,8-10H2,2H3. The number of halogens is 2. The van der Waals surface area contributed by atoms with Crippen molar-refractivity contribution >= 4 is 11.9 Å². The molecule has 0 aliphatic heterocycles. The first kappa shape index (κ1) is 16.8. The van der Waals surface area contributed by atoms with Gasteiger partial charge in [0.05, 0.1) is 13.0 Å². The third-order valence-electron chi connectivity index (χ3n) is 2.72. The average Bonchev–Trinajstić information content (AvgIpc) is 2.42. The molecule has 0 heterocycles.